The summed E-state index contributed by atoms with van der Waals surface area (Å²) in [7, 11) is 0. The lowest BCUT2D eigenvalue weighted by Gasteiger charge is -2.15. The van der Waals surface area contributed by atoms with Crippen molar-refractivity contribution in [3.63, 3.8) is 0 Å². The largest absolute Gasteiger partial charge is 0.489 e. The number of nitrogens with zero attached hydrogens (tertiary/aromatic N) is 1. The zero-order valence-corrected chi connectivity index (χ0v) is 14.6. The molecule has 0 spiro atoms. The Kier molecular flexibility index (Phi) is 6.32. The van der Waals surface area contributed by atoms with Crippen molar-refractivity contribution in [3.05, 3.63) is 70.8 Å². The minimum Gasteiger partial charge on any atom is -0.489 e. The highest BCUT2D eigenvalue weighted by molar-refractivity contribution is 5.94. The molecule has 0 radical (unpaired) electrons. The minimum absolute atomic E-state index is 0.0407. The molecule has 0 aliphatic heterocycles. The molecule has 0 aromatic heterocycles. The van der Waals surface area contributed by atoms with Crippen molar-refractivity contribution in [2.45, 2.75) is 20.0 Å². The first kappa shape index (κ1) is 19.0. The SMILES string of the molecule is C=C(C)COc1cccc(NC(=O)C(C)Oc2ccc([N+](=O)[O-])cc2)c1. The summed E-state index contributed by atoms with van der Waals surface area (Å²) in [6.07, 6.45) is -0.781. The van der Waals surface area contributed by atoms with Crippen LogP contribution in [0.5, 0.6) is 11.5 Å². The van der Waals surface area contributed by atoms with Gasteiger partial charge in [0.25, 0.3) is 11.6 Å². The number of carbonyl (C=O) groups excluding carboxylic acids is 1. The van der Waals surface area contributed by atoms with Crippen LogP contribution in [0.2, 0.25) is 0 Å². The molecule has 7 heteroatoms. The van der Waals surface area contributed by atoms with Gasteiger partial charge in [-0.1, -0.05) is 12.6 Å². The molecule has 0 aliphatic rings. The molecule has 0 fully saturated rings. The van der Waals surface area contributed by atoms with Crippen molar-refractivity contribution in [1.82, 2.24) is 0 Å². The van der Waals surface area contributed by atoms with Gasteiger partial charge in [0.15, 0.2) is 6.10 Å². The summed E-state index contributed by atoms with van der Waals surface area (Å²) in [5, 5.41) is 13.4. The second-order valence-corrected chi connectivity index (χ2v) is 5.77. The number of ether oxygens (including phenoxy) is 2. The molecule has 26 heavy (non-hydrogen) atoms. The molecule has 0 bridgehead atoms. The van der Waals surface area contributed by atoms with Crippen molar-refractivity contribution in [3.8, 4) is 11.5 Å². The van der Waals surface area contributed by atoms with Crippen LogP contribution in [0, 0.1) is 10.1 Å². The fraction of sp³-hybridized carbons (Fsp3) is 0.211. The highest BCUT2D eigenvalue weighted by Gasteiger charge is 2.16. The molecule has 7 nitrogen and oxygen atoms in total. The smallest absolute Gasteiger partial charge is 0.269 e. The third-order valence-corrected chi connectivity index (χ3v) is 3.32. The molecule has 0 saturated carbocycles. The third kappa shape index (κ3) is 5.62. The van der Waals surface area contributed by atoms with Gasteiger partial charge in [-0.15, -0.1) is 0 Å². The van der Waals surface area contributed by atoms with Gasteiger partial charge in [-0.3, -0.25) is 14.9 Å². The Labute approximate surface area is 151 Å². The van der Waals surface area contributed by atoms with E-state index in [2.05, 4.69) is 11.9 Å². The molecule has 0 aliphatic carbocycles. The van der Waals surface area contributed by atoms with Gasteiger partial charge in [-0.25, -0.2) is 0 Å². The van der Waals surface area contributed by atoms with Gasteiger partial charge in [0.2, 0.25) is 0 Å². The Morgan fingerprint density at radius 3 is 2.54 bits per heavy atom. The summed E-state index contributed by atoms with van der Waals surface area (Å²) in [6.45, 7) is 7.63. The zero-order chi connectivity index (χ0) is 19.1. The molecule has 0 saturated heterocycles. The predicted octanol–water partition coefficient (Wildman–Crippen LogP) is 3.96. The number of hydrogen-bond donors (Lipinski definition) is 1. The first-order valence-electron chi connectivity index (χ1n) is 7.94. The van der Waals surface area contributed by atoms with Crippen molar-refractivity contribution in [2.75, 3.05) is 11.9 Å². The highest BCUT2D eigenvalue weighted by Crippen LogP contribution is 2.20. The van der Waals surface area contributed by atoms with Crippen LogP contribution in [0.1, 0.15) is 13.8 Å². The summed E-state index contributed by atoms with van der Waals surface area (Å²) < 4.78 is 11.1. The second-order valence-electron chi connectivity index (χ2n) is 5.77. The van der Waals surface area contributed by atoms with Gasteiger partial charge >= 0.3 is 0 Å². The summed E-state index contributed by atoms with van der Waals surface area (Å²) in [5.41, 5.74) is 1.43. The molecule has 2 aromatic rings. The maximum Gasteiger partial charge on any atom is 0.269 e. The number of hydrogen-bond acceptors (Lipinski definition) is 5. The van der Waals surface area contributed by atoms with Crippen LogP contribution < -0.4 is 14.8 Å². The van der Waals surface area contributed by atoms with Crippen molar-refractivity contribution >= 4 is 17.3 Å². The Morgan fingerprint density at radius 2 is 1.92 bits per heavy atom. The molecular formula is C19H20N2O5. The lowest BCUT2D eigenvalue weighted by atomic mass is 10.2. The molecule has 2 aromatic carbocycles. The van der Waals surface area contributed by atoms with Crippen LogP contribution in [-0.4, -0.2) is 23.5 Å². The Morgan fingerprint density at radius 1 is 1.23 bits per heavy atom. The number of non-ortho nitro benzene ring substituents is 1. The van der Waals surface area contributed by atoms with Crippen molar-refractivity contribution < 1.29 is 19.2 Å². The van der Waals surface area contributed by atoms with E-state index in [1.807, 2.05) is 6.92 Å². The van der Waals surface area contributed by atoms with E-state index in [9.17, 15) is 14.9 Å². The second kappa shape index (κ2) is 8.66. The Bertz CT molecular complexity index is 802. The van der Waals surface area contributed by atoms with E-state index < -0.39 is 11.0 Å². The van der Waals surface area contributed by atoms with Crippen LogP contribution in [-0.2, 0) is 4.79 Å². The lowest BCUT2D eigenvalue weighted by Crippen LogP contribution is -2.30. The number of anilines is 1. The normalized spacial score (nSPS) is 11.3. The van der Waals surface area contributed by atoms with E-state index in [1.54, 1.807) is 31.2 Å². The first-order chi connectivity index (χ1) is 12.3. The average Bonchev–Trinajstić information content (AvgIpc) is 2.60. The number of rotatable bonds is 8. The topological polar surface area (TPSA) is 90.7 Å². The van der Waals surface area contributed by atoms with Gasteiger partial charge in [-0.2, -0.15) is 0 Å². The number of carbonyl (C=O) groups is 1. The summed E-state index contributed by atoms with van der Waals surface area (Å²) in [6, 6.07) is 12.6. The number of amides is 1. The van der Waals surface area contributed by atoms with Gasteiger partial charge < -0.3 is 14.8 Å². The Balaban J connectivity index is 1.95. The maximum absolute atomic E-state index is 12.3. The number of nitro benzene ring substituents is 1. The van der Waals surface area contributed by atoms with Gasteiger partial charge in [0, 0.05) is 23.9 Å². The van der Waals surface area contributed by atoms with E-state index in [0.29, 0.717) is 23.8 Å². The predicted molar refractivity (Wildman–Crippen MR) is 98.6 cm³/mol. The number of benzene rings is 2. The van der Waals surface area contributed by atoms with Crippen molar-refractivity contribution in [2.24, 2.45) is 0 Å². The molecular weight excluding hydrogens is 336 g/mol. The fourth-order valence-corrected chi connectivity index (χ4v) is 2.02. The summed E-state index contributed by atoms with van der Waals surface area (Å²) in [4.78, 5) is 22.4. The Hall–Kier alpha value is -3.35. The standard InChI is InChI=1S/C19H20N2O5/c1-13(2)12-25-18-6-4-5-15(11-18)20-19(22)14(3)26-17-9-7-16(8-10-17)21(23)24/h4-11,14H,1,12H2,2-3H3,(H,20,22). The minimum atomic E-state index is -0.781. The molecule has 136 valence electrons. The molecule has 0 heterocycles. The molecule has 2 rings (SSSR count). The summed E-state index contributed by atoms with van der Waals surface area (Å²) in [5.74, 6) is 0.645. The lowest BCUT2D eigenvalue weighted by molar-refractivity contribution is -0.384. The molecule has 1 N–H and O–H groups in total. The molecule has 1 atom stereocenters. The average molecular weight is 356 g/mol. The van der Waals surface area contributed by atoms with E-state index in [0.717, 1.165) is 5.57 Å². The van der Waals surface area contributed by atoms with E-state index in [1.165, 1.54) is 24.3 Å². The summed E-state index contributed by atoms with van der Waals surface area (Å²) >= 11 is 0. The van der Waals surface area contributed by atoms with Gasteiger partial charge in [0.1, 0.15) is 18.1 Å². The van der Waals surface area contributed by atoms with E-state index in [4.69, 9.17) is 9.47 Å². The van der Waals surface area contributed by atoms with Crippen LogP contribution in [0.25, 0.3) is 0 Å². The highest BCUT2D eigenvalue weighted by atomic mass is 16.6. The quantitative estimate of drug-likeness (QED) is 0.439. The number of nitro groups is 1. The van der Waals surface area contributed by atoms with Crippen LogP contribution in [0.4, 0.5) is 11.4 Å². The van der Waals surface area contributed by atoms with Crippen LogP contribution in [0.3, 0.4) is 0 Å². The van der Waals surface area contributed by atoms with Crippen LogP contribution >= 0.6 is 0 Å². The fourth-order valence-electron chi connectivity index (χ4n) is 2.02. The third-order valence-electron chi connectivity index (χ3n) is 3.32. The monoisotopic (exact) mass is 356 g/mol. The van der Waals surface area contributed by atoms with Gasteiger partial charge in [0.05, 0.1) is 4.92 Å². The van der Waals surface area contributed by atoms with E-state index in [-0.39, 0.29) is 11.6 Å². The van der Waals surface area contributed by atoms with E-state index >= 15 is 0 Å². The maximum atomic E-state index is 12.3. The number of nitrogens with one attached hydrogen (secondary N) is 1. The van der Waals surface area contributed by atoms with Crippen molar-refractivity contribution in [1.29, 1.82) is 0 Å². The zero-order valence-electron chi connectivity index (χ0n) is 14.6. The van der Waals surface area contributed by atoms with Crippen LogP contribution in [0.15, 0.2) is 60.7 Å². The van der Waals surface area contributed by atoms with Gasteiger partial charge in [-0.05, 0) is 43.7 Å². The first-order valence-corrected chi connectivity index (χ1v) is 7.94. The molecule has 1 unspecified atom stereocenters. The molecule has 1 amide bonds.